The lowest BCUT2D eigenvalue weighted by atomic mass is 10.0. The second kappa shape index (κ2) is 3.94. The van der Waals surface area contributed by atoms with Crippen LogP contribution in [-0.4, -0.2) is 11.8 Å². The third-order valence-electron chi connectivity index (χ3n) is 2.05. The maximum absolute atomic E-state index is 10.7. The van der Waals surface area contributed by atoms with Gasteiger partial charge in [-0.15, -0.1) is 12.4 Å². The fourth-order valence-electron chi connectivity index (χ4n) is 1.39. The van der Waals surface area contributed by atoms with Crippen LogP contribution in [0.5, 0.6) is 0 Å². The van der Waals surface area contributed by atoms with E-state index in [1.807, 2.05) is 0 Å². The topological polar surface area (TPSA) is 43.1 Å². The second-order valence-corrected chi connectivity index (χ2v) is 2.88. The van der Waals surface area contributed by atoms with Crippen molar-refractivity contribution in [2.24, 2.45) is 11.7 Å². The number of ketones is 1. The molecule has 2 nitrogen and oxygen atoms in total. The third-order valence-corrected chi connectivity index (χ3v) is 2.05. The van der Waals surface area contributed by atoms with Crippen molar-refractivity contribution >= 4 is 18.2 Å². The highest BCUT2D eigenvalue weighted by molar-refractivity contribution is 5.85. The molecule has 1 aliphatic rings. The molecule has 3 heteroatoms. The van der Waals surface area contributed by atoms with Gasteiger partial charge in [0.25, 0.3) is 0 Å². The molecular weight excluding hydrogens is 150 g/mol. The molecule has 1 saturated carbocycles. The van der Waals surface area contributed by atoms with Crippen LogP contribution in [0.2, 0.25) is 0 Å². The van der Waals surface area contributed by atoms with E-state index in [2.05, 4.69) is 0 Å². The van der Waals surface area contributed by atoms with Crippen molar-refractivity contribution in [1.29, 1.82) is 0 Å². The van der Waals surface area contributed by atoms with Crippen molar-refractivity contribution in [1.82, 2.24) is 0 Å². The van der Waals surface area contributed by atoms with Crippen molar-refractivity contribution in [2.75, 3.05) is 0 Å². The van der Waals surface area contributed by atoms with Crippen molar-refractivity contribution in [2.45, 2.75) is 32.2 Å². The Hall–Kier alpha value is -0.0800. The SMILES string of the molecule is CC(=O)C1CCC(N)C1.Cl. The summed E-state index contributed by atoms with van der Waals surface area (Å²) in [6.45, 7) is 1.66. The predicted molar refractivity (Wildman–Crippen MR) is 43.2 cm³/mol. The van der Waals surface area contributed by atoms with E-state index >= 15 is 0 Å². The molecule has 0 bridgehead atoms. The van der Waals surface area contributed by atoms with Gasteiger partial charge in [-0.3, -0.25) is 4.79 Å². The van der Waals surface area contributed by atoms with Crippen molar-refractivity contribution < 1.29 is 4.79 Å². The summed E-state index contributed by atoms with van der Waals surface area (Å²) >= 11 is 0. The summed E-state index contributed by atoms with van der Waals surface area (Å²) in [4.78, 5) is 10.7. The standard InChI is InChI=1S/C7H13NO.ClH/c1-5(9)6-2-3-7(8)4-6;/h6-7H,2-4,8H2,1H3;1H. The average Bonchev–Trinajstić information content (AvgIpc) is 2.14. The molecule has 2 unspecified atom stereocenters. The highest BCUT2D eigenvalue weighted by atomic mass is 35.5. The molecule has 0 heterocycles. The van der Waals surface area contributed by atoms with Gasteiger partial charge in [-0.25, -0.2) is 0 Å². The molecule has 0 aliphatic heterocycles. The molecule has 1 aliphatic carbocycles. The zero-order chi connectivity index (χ0) is 6.85. The highest BCUT2D eigenvalue weighted by Crippen LogP contribution is 2.24. The van der Waals surface area contributed by atoms with E-state index in [9.17, 15) is 4.79 Å². The minimum atomic E-state index is 0. The first-order chi connectivity index (χ1) is 4.20. The normalized spacial score (nSPS) is 31.4. The van der Waals surface area contributed by atoms with Crippen LogP contribution in [0.25, 0.3) is 0 Å². The van der Waals surface area contributed by atoms with Gasteiger partial charge < -0.3 is 5.73 Å². The van der Waals surface area contributed by atoms with Crippen molar-refractivity contribution in [3.63, 3.8) is 0 Å². The molecule has 2 N–H and O–H groups in total. The Morgan fingerprint density at radius 3 is 2.30 bits per heavy atom. The molecule has 0 aromatic heterocycles. The number of Topliss-reactive ketones (excluding diaryl/α,β-unsaturated/α-hetero) is 1. The first-order valence-electron chi connectivity index (χ1n) is 3.46. The predicted octanol–water partition coefficient (Wildman–Crippen LogP) is 1.12. The number of rotatable bonds is 1. The smallest absolute Gasteiger partial charge is 0.132 e. The molecule has 0 radical (unpaired) electrons. The minimum Gasteiger partial charge on any atom is -0.328 e. The number of carbonyl (C=O) groups excluding carboxylic acids is 1. The molecule has 1 rings (SSSR count). The van der Waals surface area contributed by atoms with Crippen LogP contribution in [0.1, 0.15) is 26.2 Å². The van der Waals surface area contributed by atoms with Crippen LogP contribution in [0.4, 0.5) is 0 Å². The molecular formula is C7H14ClNO. The molecule has 0 saturated heterocycles. The summed E-state index contributed by atoms with van der Waals surface area (Å²) < 4.78 is 0. The molecule has 2 atom stereocenters. The lowest BCUT2D eigenvalue weighted by Crippen LogP contribution is -2.16. The van der Waals surface area contributed by atoms with Crippen LogP contribution in [0.3, 0.4) is 0 Å². The number of halogens is 1. The highest BCUT2D eigenvalue weighted by Gasteiger charge is 2.24. The molecule has 0 amide bonds. The summed E-state index contributed by atoms with van der Waals surface area (Å²) in [7, 11) is 0. The summed E-state index contributed by atoms with van der Waals surface area (Å²) in [6.07, 6.45) is 2.95. The van der Waals surface area contributed by atoms with E-state index in [0.717, 1.165) is 19.3 Å². The number of nitrogens with two attached hydrogens (primary N) is 1. The first-order valence-corrected chi connectivity index (χ1v) is 3.46. The lowest BCUT2D eigenvalue weighted by Gasteiger charge is -2.01. The Bertz CT molecular complexity index is 127. The van der Waals surface area contributed by atoms with Gasteiger partial charge in [0.15, 0.2) is 0 Å². The first kappa shape index (κ1) is 9.92. The van der Waals surface area contributed by atoms with Crippen molar-refractivity contribution in [3.8, 4) is 0 Å². The quantitative estimate of drug-likeness (QED) is 0.630. The molecule has 0 spiro atoms. The summed E-state index contributed by atoms with van der Waals surface area (Å²) in [6, 6.07) is 0.291. The Morgan fingerprint density at radius 1 is 1.50 bits per heavy atom. The van der Waals surface area contributed by atoms with E-state index in [4.69, 9.17) is 5.73 Å². The van der Waals surface area contributed by atoms with Gasteiger partial charge >= 0.3 is 0 Å². The number of hydrogen-bond donors (Lipinski definition) is 1. The van der Waals surface area contributed by atoms with Gasteiger partial charge in [0.2, 0.25) is 0 Å². The van der Waals surface area contributed by atoms with Crippen LogP contribution in [-0.2, 0) is 4.79 Å². The van der Waals surface area contributed by atoms with Crippen LogP contribution < -0.4 is 5.73 Å². The van der Waals surface area contributed by atoms with E-state index in [-0.39, 0.29) is 18.3 Å². The summed E-state index contributed by atoms with van der Waals surface area (Å²) in [5.74, 6) is 0.586. The molecule has 1 fully saturated rings. The maximum Gasteiger partial charge on any atom is 0.132 e. The Labute approximate surface area is 67.6 Å². The summed E-state index contributed by atoms with van der Waals surface area (Å²) in [5, 5.41) is 0. The fourth-order valence-corrected chi connectivity index (χ4v) is 1.39. The van der Waals surface area contributed by atoms with Crippen LogP contribution >= 0.6 is 12.4 Å². The number of carbonyl (C=O) groups is 1. The fraction of sp³-hybridized carbons (Fsp3) is 0.857. The van der Waals surface area contributed by atoms with Gasteiger partial charge in [0.1, 0.15) is 5.78 Å². The molecule has 0 aromatic rings. The molecule has 0 aromatic carbocycles. The van der Waals surface area contributed by atoms with Gasteiger partial charge in [0, 0.05) is 12.0 Å². The average molecular weight is 164 g/mol. The van der Waals surface area contributed by atoms with Gasteiger partial charge in [0.05, 0.1) is 0 Å². The maximum atomic E-state index is 10.7. The van der Waals surface area contributed by atoms with Crippen LogP contribution in [0.15, 0.2) is 0 Å². The van der Waals surface area contributed by atoms with E-state index in [1.165, 1.54) is 0 Å². The van der Waals surface area contributed by atoms with E-state index < -0.39 is 0 Å². The van der Waals surface area contributed by atoms with Gasteiger partial charge in [-0.1, -0.05) is 0 Å². The van der Waals surface area contributed by atoms with Gasteiger partial charge in [-0.2, -0.15) is 0 Å². The van der Waals surface area contributed by atoms with Gasteiger partial charge in [-0.05, 0) is 26.2 Å². The monoisotopic (exact) mass is 163 g/mol. The summed E-state index contributed by atoms with van der Waals surface area (Å²) in [5.41, 5.74) is 5.61. The second-order valence-electron chi connectivity index (χ2n) is 2.88. The third kappa shape index (κ3) is 2.27. The zero-order valence-corrected chi connectivity index (χ0v) is 6.99. The van der Waals surface area contributed by atoms with E-state index in [0.29, 0.717) is 11.8 Å². The molecule has 60 valence electrons. The zero-order valence-electron chi connectivity index (χ0n) is 6.17. The lowest BCUT2D eigenvalue weighted by molar-refractivity contribution is -0.120. The van der Waals surface area contributed by atoms with Crippen LogP contribution in [0, 0.1) is 5.92 Å². The Balaban J connectivity index is 0.000000810. The van der Waals surface area contributed by atoms with Crippen molar-refractivity contribution in [3.05, 3.63) is 0 Å². The van der Waals surface area contributed by atoms with E-state index in [1.54, 1.807) is 6.92 Å². The Morgan fingerprint density at radius 2 is 2.10 bits per heavy atom. The minimum absolute atomic E-state index is 0. The molecule has 10 heavy (non-hydrogen) atoms. The largest absolute Gasteiger partial charge is 0.328 e. The number of hydrogen-bond acceptors (Lipinski definition) is 2. The Kier molecular flexibility index (Phi) is 3.91.